The van der Waals surface area contributed by atoms with E-state index in [4.69, 9.17) is 5.73 Å². The molecule has 2 fully saturated rings. The number of hydrogen-bond acceptors (Lipinski definition) is 1. The summed E-state index contributed by atoms with van der Waals surface area (Å²) in [5.41, 5.74) is 6.49. The highest BCUT2D eigenvalue weighted by Crippen LogP contribution is 2.49. The van der Waals surface area contributed by atoms with Crippen LogP contribution in [0.4, 0.5) is 0 Å². The van der Waals surface area contributed by atoms with Crippen molar-refractivity contribution in [1.29, 1.82) is 0 Å². The molecule has 0 aliphatic heterocycles. The molecular weight excluding hydrogens is 170 g/mol. The Hall–Kier alpha value is -0.0400. The van der Waals surface area contributed by atoms with Crippen molar-refractivity contribution in [2.45, 2.75) is 52.4 Å². The maximum Gasteiger partial charge on any atom is -0.00461 e. The van der Waals surface area contributed by atoms with Crippen molar-refractivity contribution >= 4 is 0 Å². The van der Waals surface area contributed by atoms with Crippen LogP contribution in [0.1, 0.15) is 52.4 Å². The van der Waals surface area contributed by atoms with E-state index in [0.717, 1.165) is 24.3 Å². The molecule has 2 rings (SSSR count). The Morgan fingerprint density at radius 1 is 1.21 bits per heavy atom. The Balaban J connectivity index is 2.00. The second-order valence-electron chi connectivity index (χ2n) is 6.26. The molecule has 82 valence electrons. The summed E-state index contributed by atoms with van der Waals surface area (Å²) in [4.78, 5) is 0. The normalized spacial score (nSPS) is 37.9. The van der Waals surface area contributed by atoms with Gasteiger partial charge in [0.2, 0.25) is 0 Å². The molecule has 2 atom stereocenters. The van der Waals surface area contributed by atoms with Gasteiger partial charge < -0.3 is 5.73 Å². The van der Waals surface area contributed by atoms with Gasteiger partial charge >= 0.3 is 0 Å². The lowest BCUT2D eigenvalue weighted by Crippen LogP contribution is -2.39. The second-order valence-corrected chi connectivity index (χ2v) is 6.26. The fourth-order valence-corrected chi connectivity index (χ4v) is 3.41. The summed E-state index contributed by atoms with van der Waals surface area (Å²) in [6, 6.07) is 0. The number of nitrogens with two attached hydrogens (primary N) is 1. The first kappa shape index (κ1) is 10.5. The molecule has 0 heterocycles. The Kier molecular flexibility index (Phi) is 2.88. The molecule has 0 bridgehead atoms. The van der Waals surface area contributed by atoms with Crippen LogP contribution in [0.5, 0.6) is 0 Å². The number of rotatable bonds is 2. The molecule has 0 aromatic carbocycles. The zero-order valence-electron chi connectivity index (χ0n) is 9.76. The molecule has 0 radical (unpaired) electrons. The fraction of sp³-hybridized carbons (Fsp3) is 1.00. The van der Waals surface area contributed by atoms with E-state index in [-0.39, 0.29) is 0 Å². The average Bonchev–Trinajstić information content (AvgIpc) is 2.00. The average molecular weight is 195 g/mol. The third-order valence-electron chi connectivity index (χ3n) is 4.64. The molecule has 2 saturated carbocycles. The van der Waals surface area contributed by atoms with Crippen molar-refractivity contribution < 1.29 is 0 Å². The predicted molar refractivity (Wildman–Crippen MR) is 61.0 cm³/mol. The molecule has 0 aromatic heterocycles. The summed E-state index contributed by atoms with van der Waals surface area (Å²) >= 11 is 0. The SMILES string of the molecule is CC1(C)CCC(CN)C(C2CCC2)C1. The standard InChI is InChI=1S/C13H25N/c1-13(2)7-6-11(9-14)12(8-13)10-4-3-5-10/h10-12H,3-9,14H2,1-2H3. The van der Waals surface area contributed by atoms with E-state index < -0.39 is 0 Å². The largest absolute Gasteiger partial charge is 0.330 e. The first-order valence-electron chi connectivity index (χ1n) is 6.32. The lowest BCUT2D eigenvalue weighted by molar-refractivity contribution is 0.0446. The summed E-state index contributed by atoms with van der Waals surface area (Å²) in [5.74, 6) is 2.83. The zero-order valence-corrected chi connectivity index (χ0v) is 9.76. The topological polar surface area (TPSA) is 26.0 Å². The van der Waals surface area contributed by atoms with Gasteiger partial charge in [-0.25, -0.2) is 0 Å². The summed E-state index contributed by atoms with van der Waals surface area (Å²) in [6.07, 6.45) is 8.63. The van der Waals surface area contributed by atoms with Gasteiger partial charge in [0, 0.05) is 0 Å². The van der Waals surface area contributed by atoms with Crippen LogP contribution in [-0.4, -0.2) is 6.54 Å². The summed E-state index contributed by atoms with van der Waals surface area (Å²) in [5, 5.41) is 0. The van der Waals surface area contributed by atoms with Crippen LogP contribution >= 0.6 is 0 Å². The van der Waals surface area contributed by atoms with E-state index in [1.54, 1.807) is 0 Å². The predicted octanol–water partition coefficient (Wildman–Crippen LogP) is 3.19. The fourth-order valence-electron chi connectivity index (χ4n) is 3.41. The van der Waals surface area contributed by atoms with Gasteiger partial charge in [0.05, 0.1) is 0 Å². The highest BCUT2D eigenvalue weighted by molar-refractivity contribution is 4.91. The van der Waals surface area contributed by atoms with Crippen molar-refractivity contribution in [3.05, 3.63) is 0 Å². The van der Waals surface area contributed by atoms with Gasteiger partial charge in [-0.15, -0.1) is 0 Å². The Labute approximate surface area is 88.4 Å². The van der Waals surface area contributed by atoms with Crippen molar-refractivity contribution in [1.82, 2.24) is 0 Å². The maximum atomic E-state index is 5.90. The van der Waals surface area contributed by atoms with E-state index in [9.17, 15) is 0 Å². The van der Waals surface area contributed by atoms with Gasteiger partial charge in [-0.1, -0.05) is 33.1 Å². The van der Waals surface area contributed by atoms with E-state index in [1.165, 1.54) is 38.5 Å². The van der Waals surface area contributed by atoms with E-state index in [2.05, 4.69) is 13.8 Å². The van der Waals surface area contributed by atoms with Gasteiger partial charge in [0.25, 0.3) is 0 Å². The molecule has 2 unspecified atom stereocenters. The Morgan fingerprint density at radius 3 is 2.43 bits per heavy atom. The van der Waals surface area contributed by atoms with Crippen LogP contribution in [0.25, 0.3) is 0 Å². The smallest absolute Gasteiger partial charge is 0.00461 e. The maximum absolute atomic E-state index is 5.90. The van der Waals surface area contributed by atoms with Gasteiger partial charge in [0.1, 0.15) is 0 Å². The minimum absolute atomic E-state index is 0.589. The van der Waals surface area contributed by atoms with E-state index in [1.807, 2.05) is 0 Å². The minimum Gasteiger partial charge on any atom is -0.330 e. The monoisotopic (exact) mass is 195 g/mol. The van der Waals surface area contributed by atoms with Gasteiger partial charge in [-0.3, -0.25) is 0 Å². The summed E-state index contributed by atoms with van der Waals surface area (Å²) < 4.78 is 0. The van der Waals surface area contributed by atoms with Crippen LogP contribution < -0.4 is 5.73 Å². The van der Waals surface area contributed by atoms with Gasteiger partial charge in [-0.05, 0) is 49.0 Å². The second kappa shape index (κ2) is 3.84. The number of hydrogen-bond donors (Lipinski definition) is 1. The zero-order chi connectivity index (χ0) is 10.2. The van der Waals surface area contributed by atoms with Crippen molar-refractivity contribution in [2.24, 2.45) is 28.9 Å². The molecule has 1 heteroatoms. The van der Waals surface area contributed by atoms with Gasteiger partial charge in [-0.2, -0.15) is 0 Å². The third-order valence-corrected chi connectivity index (χ3v) is 4.64. The quantitative estimate of drug-likeness (QED) is 0.719. The molecule has 2 aliphatic carbocycles. The first-order valence-corrected chi connectivity index (χ1v) is 6.32. The minimum atomic E-state index is 0.589. The molecular formula is C13H25N. The first-order chi connectivity index (χ1) is 6.62. The summed E-state index contributed by atoms with van der Waals surface area (Å²) in [6.45, 7) is 5.80. The molecule has 1 nitrogen and oxygen atoms in total. The molecule has 0 aromatic rings. The Bertz CT molecular complexity index is 193. The third kappa shape index (κ3) is 1.98. The van der Waals surface area contributed by atoms with Crippen molar-refractivity contribution in [3.8, 4) is 0 Å². The Morgan fingerprint density at radius 2 is 1.93 bits per heavy atom. The highest BCUT2D eigenvalue weighted by atomic mass is 14.6. The highest BCUT2D eigenvalue weighted by Gasteiger charge is 2.39. The van der Waals surface area contributed by atoms with Gasteiger partial charge in [0.15, 0.2) is 0 Å². The molecule has 0 amide bonds. The van der Waals surface area contributed by atoms with E-state index >= 15 is 0 Å². The van der Waals surface area contributed by atoms with Crippen molar-refractivity contribution in [2.75, 3.05) is 6.54 Å². The van der Waals surface area contributed by atoms with Crippen LogP contribution in [-0.2, 0) is 0 Å². The summed E-state index contributed by atoms with van der Waals surface area (Å²) in [7, 11) is 0. The van der Waals surface area contributed by atoms with Crippen molar-refractivity contribution in [3.63, 3.8) is 0 Å². The lowest BCUT2D eigenvalue weighted by Gasteiger charge is -2.46. The van der Waals surface area contributed by atoms with Crippen LogP contribution in [0.15, 0.2) is 0 Å². The molecule has 0 spiro atoms. The molecule has 14 heavy (non-hydrogen) atoms. The molecule has 2 N–H and O–H groups in total. The molecule has 0 saturated heterocycles. The van der Waals surface area contributed by atoms with E-state index in [0.29, 0.717) is 5.41 Å². The molecule has 2 aliphatic rings. The van der Waals surface area contributed by atoms with Crippen LogP contribution in [0.3, 0.4) is 0 Å². The lowest BCUT2D eigenvalue weighted by atomic mass is 9.59. The van der Waals surface area contributed by atoms with Crippen LogP contribution in [0, 0.1) is 23.2 Å². The van der Waals surface area contributed by atoms with Crippen LogP contribution in [0.2, 0.25) is 0 Å².